The van der Waals surface area contributed by atoms with Crippen LogP contribution in [0, 0.1) is 0 Å². The maximum Gasteiger partial charge on any atom is 0.0237 e. The van der Waals surface area contributed by atoms with E-state index in [4.69, 9.17) is 0 Å². The first-order chi connectivity index (χ1) is 9.22. The molecule has 1 aliphatic heterocycles. The molecule has 0 amide bonds. The minimum atomic E-state index is 0.594. The zero-order chi connectivity index (χ0) is 13.2. The fourth-order valence-electron chi connectivity index (χ4n) is 2.89. The molecule has 0 radical (unpaired) electrons. The van der Waals surface area contributed by atoms with Crippen molar-refractivity contribution in [2.75, 3.05) is 13.1 Å². The molecule has 0 bridgehead atoms. The molecule has 3 rings (SSSR count). The van der Waals surface area contributed by atoms with E-state index in [0.29, 0.717) is 12.1 Å². The van der Waals surface area contributed by atoms with E-state index < -0.39 is 0 Å². The molecule has 1 saturated heterocycles. The predicted octanol–water partition coefficient (Wildman–Crippen LogP) is 3.02. The van der Waals surface area contributed by atoms with Gasteiger partial charge in [0.2, 0.25) is 0 Å². The third-order valence-electron chi connectivity index (χ3n) is 4.09. The summed E-state index contributed by atoms with van der Waals surface area (Å²) in [6.45, 7) is 7.85. The van der Waals surface area contributed by atoms with E-state index in [-0.39, 0.29) is 0 Å². The highest BCUT2D eigenvalue weighted by Gasteiger charge is 2.22. The second kappa shape index (κ2) is 5.32. The van der Waals surface area contributed by atoms with Crippen molar-refractivity contribution < 1.29 is 0 Å². The zero-order valence-electron chi connectivity index (χ0n) is 11.8. The van der Waals surface area contributed by atoms with E-state index in [9.17, 15) is 0 Å². The van der Waals surface area contributed by atoms with Gasteiger partial charge in [0.05, 0.1) is 0 Å². The highest BCUT2D eigenvalue weighted by atomic mass is 15.2. The third-order valence-corrected chi connectivity index (χ3v) is 4.09. The summed E-state index contributed by atoms with van der Waals surface area (Å²) in [5.41, 5.74) is 1.42. The summed E-state index contributed by atoms with van der Waals surface area (Å²) in [7, 11) is 0. The van der Waals surface area contributed by atoms with Gasteiger partial charge in [-0.3, -0.25) is 4.90 Å². The molecular weight excluding hydrogens is 232 g/mol. The molecule has 1 aliphatic rings. The first-order valence-corrected chi connectivity index (χ1v) is 7.17. The summed E-state index contributed by atoms with van der Waals surface area (Å²) in [4.78, 5) is 2.57. The smallest absolute Gasteiger partial charge is 0.0237 e. The molecule has 2 aromatic rings. The number of hydrogen-bond donors (Lipinski definition) is 1. The first kappa shape index (κ1) is 12.6. The molecule has 1 heterocycles. The summed E-state index contributed by atoms with van der Waals surface area (Å²) in [6.07, 6.45) is 0. The number of nitrogens with one attached hydrogen (secondary N) is 1. The Balaban J connectivity index is 1.80. The maximum atomic E-state index is 3.54. The van der Waals surface area contributed by atoms with Crippen molar-refractivity contribution in [3.8, 4) is 0 Å². The quantitative estimate of drug-likeness (QED) is 0.886. The summed E-state index contributed by atoms with van der Waals surface area (Å²) >= 11 is 0. The van der Waals surface area contributed by atoms with E-state index in [0.717, 1.165) is 19.6 Å². The summed E-state index contributed by atoms with van der Waals surface area (Å²) in [5.74, 6) is 0. The highest BCUT2D eigenvalue weighted by Crippen LogP contribution is 2.18. The standard InChI is InChI=1S/C17H22N2/c1-13-11-19(14(2)10-18-13)12-15-7-8-16-5-3-4-6-17(16)9-15/h3-9,13-14,18H,10-12H2,1-2H3. The van der Waals surface area contributed by atoms with Crippen molar-refractivity contribution in [3.05, 3.63) is 48.0 Å². The Hall–Kier alpha value is -1.38. The fourth-order valence-corrected chi connectivity index (χ4v) is 2.89. The molecule has 1 fully saturated rings. The second-order valence-corrected chi connectivity index (χ2v) is 5.77. The Labute approximate surface area is 115 Å². The Morgan fingerprint density at radius 3 is 2.74 bits per heavy atom. The average molecular weight is 254 g/mol. The molecule has 2 aromatic carbocycles. The van der Waals surface area contributed by atoms with Gasteiger partial charge in [-0.25, -0.2) is 0 Å². The monoisotopic (exact) mass is 254 g/mol. The predicted molar refractivity (Wildman–Crippen MR) is 81.3 cm³/mol. The number of nitrogens with zero attached hydrogens (tertiary/aromatic N) is 1. The highest BCUT2D eigenvalue weighted by molar-refractivity contribution is 5.82. The van der Waals surface area contributed by atoms with Gasteiger partial charge < -0.3 is 5.32 Å². The van der Waals surface area contributed by atoms with Crippen LogP contribution in [0.5, 0.6) is 0 Å². The van der Waals surface area contributed by atoms with Crippen molar-refractivity contribution in [2.45, 2.75) is 32.5 Å². The van der Waals surface area contributed by atoms with Gasteiger partial charge in [0.15, 0.2) is 0 Å². The lowest BCUT2D eigenvalue weighted by atomic mass is 10.0. The Morgan fingerprint density at radius 2 is 1.89 bits per heavy atom. The Morgan fingerprint density at radius 1 is 1.11 bits per heavy atom. The van der Waals surface area contributed by atoms with Crippen molar-refractivity contribution in [3.63, 3.8) is 0 Å². The molecule has 1 N–H and O–H groups in total. The topological polar surface area (TPSA) is 15.3 Å². The minimum Gasteiger partial charge on any atom is -0.311 e. The van der Waals surface area contributed by atoms with E-state index >= 15 is 0 Å². The summed E-state index contributed by atoms with van der Waals surface area (Å²) < 4.78 is 0. The lowest BCUT2D eigenvalue weighted by molar-refractivity contribution is 0.139. The zero-order valence-corrected chi connectivity index (χ0v) is 11.8. The van der Waals surface area contributed by atoms with Crippen LogP contribution in [0.2, 0.25) is 0 Å². The third kappa shape index (κ3) is 2.80. The second-order valence-electron chi connectivity index (χ2n) is 5.77. The molecule has 19 heavy (non-hydrogen) atoms. The van der Waals surface area contributed by atoms with Gasteiger partial charge in [-0.05, 0) is 36.2 Å². The van der Waals surface area contributed by atoms with Crippen LogP contribution in [-0.4, -0.2) is 30.1 Å². The van der Waals surface area contributed by atoms with Crippen LogP contribution in [-0.2, 0) is 6.54 Å². The van der Waals surface area contributed by atoms with Crippen molar-refractivity contribution in [1.29, 1.82) is 0 Å². The molecule has 0 spiro atoms. The van der Waals surface area contributed by atoms with Gasteiger partial charge in [-0.1, -0.05) is 36.4 Å². The number of benzene rings is 2. The van der Waals surface area contributed by atoms with Crippen LogP contribution >= 0.6 is 0 Å². The lowest BCUT2D eigenvalue weighted by Gasteiger charge is -2.37. The van der Waals surface area contributed by atoms with Crippen LogP contribution in [0.4, 0.5) is 0 Å². The van der Waals surface area contributed by atoms with Crippen molar-refractivity contribution in [1.82, 2.24) is 10.2 Å². The van der Waals surface area contributed by atoms with Gasteiger partial charge in [0.25, 0.3) is 0 Å². The largest absolute Gasteiger partial charge is 0.311 e. The van der Waals surface area contributed by atoms with Crippen molar-refractivity contribution in [2.24, 2.45) is 0 Å². The molecule has 100 valence electrons. The van der Waals surface area contributed by atoms with Gasteiger partial charge >= 0.3 is 0 Å². The normalized spacial score (nSPS) is 24.7. The molecule has 0 saturated carbocycles. The average Bonchev–Trinajstić information content (AvgIpc) is 2.43. The first-order valence-electron chi connectivity index (χ1n) is 7.17. The molecular formula is C17H22N2. The van der Waals surface area contributed by atoms with E-state index in [1.165, 1.54) is 16.3 Å². The van der Waals surface area contributed by atoms with Crippen molar-refractivity contribution >= 4 is 10.8 Å². The molecule has 0 aromatic heterocycles. The number of hydrogen-bond acceptors (Lipinski definition) is 2. The Kier molecular flexibility index (Phi) is 3.54. The minimum absolute atomic E-state index is 0.594. The van der Waals surface area contributed by atoms with E-state index in [2.05, 4.69) is 66.5 Å². The van der Waals surface area contributed by atoms with E-state index in [1.807, 2.05) is 0 Å². The van der Waals surface area contributed by atoms with Crippen LogP contribution in [0.1, 0.15) is 19.4 Å². The fraction of sp³-hybridized carbons (Fsp3) is 0.412. The Bertz CT molecular complexity index is 564. The summed E-state index contributed by atoms with van der Waals surface area (Å²) in [6, 6.07) is 16.6. The van der Waals surface area contributed by atoms with Gasteiger partial charge in [-0.15, -0.1) is 0 Å². The van der Waals surface area contributed by atoms with Gasteiger partial charge in [-0.2, -0.15) is 0 Å². The van der Waals surface area contributed by atoms with Crippen LogP contribution in [0.25, 0.3) is 10.8 Å². The molecule has 2 nitrogen and oxygen atoms in total. The van der Waals surface area contributed by atoms with Crippen LogP contribution < -0.4 is 5.32 Å². The molecule has 2 unspecified atom stereocenters. The van der Waals surface area contributed by atoms with E-state index in [1.54, 1.807) is 0 Å². The SMILES string of the molecule is CC1CN(Cc2ccc3ccccc3c2)C(C)CN1. The van der Waals surface area contributed by atoms with Gasteiger partial charge in [0.1, 0.15) is 0 Å². The van der Waals surface area contributed by atoms with Crippen LogP contribution in [0.15, 0.2) is 42.5 Å². The number of rotatable bonds is 2. The lowest BCUT2D eigenvalue weighted by Crippen LogP contribution is -2.53. The molecule has 0 aliphatic carbocycles. The number of fused-ring (bicyclic) bond motifs is 1. The molecule has 2 heteroatoms. The number of piperazine rings is 1. The maximum absolute atomic E-state index is 3.54. The van der Waals surface area contributed by atoms with Gasteiger partial charge in [0, 0.05) is 31.7 Å². The molecule has 2 atom stereocenters. The summed E-state index contributed by atoms with van der Waals surface area (Å²) in [5, 5.41) is 6.21. The van der Waals surface area contributed by atoms with Crippen LogP contribution in [0.3, 0.4) is 0 Å².